The number of carbonyl (C=O) groups excluding carboxylic acids is 1. The fourth-order valence-corrected chi connectivity index (χ4v) is 3.63. The number of fused-ring (bicyclic) bond motifs is 1. The molecule has 0 atom stereocenters. The number of carbonyl (C=O) groups is 1. The number of nitrogens with zero attached hydrogens (tertiary/aromatic N) is 2. The Kier molecular flexibility index (Phi) is 6.29. The standard InChI is InChI=1S/C21H23N3O2S/c1-3-4-13-24-20(26)16-10-6-8-12-18(16)23-21(24)27-14-19(25)22-17-11-7-5-9-15(17)2/h5-12H,3-4,13-14H2,1-2H3,(H,22,25). The lowest BCUT2D eigenvalue weighted by atomic mass is 10.2. The van der Waals surface area contributed by atoms with E-state index in [4.69, 9.17) is 0 Å². The molecule has 2 aromatic carbocycles. The van der Waals surface area contributed by atoms with Gasteiger partial charge in [-0.15, -0.1) is 0 Å². The highest BCUT2D eigenvalue weighted by atomic mass is 32.2. The second-order valence-electron chi connectivity index (χ2n) is 6.37. The van der Waals surface area contributed by atoms with E-state index in [2.05, 4.69) is 17.2 Å². The van der Waals surface area contributed by atoms with Crippen LogP contribution in [0.2, 0.25) is 0 Å². The van der Waals surface area contributed by atoms with Crippen LogP contribution in [0.25, 0.3) is 10.9 Å². The Labute approximate surface area is 162 Å². The molecule has 0 saturated carbocycles. The summed E-state index contributed by atoms with van der Waals surface area (Å²) < 4.78 is 1.69. The van der Waals surface area contributed by atoms with Gasteiger partial charge in [0.25, 0.3) is 5.56 Å². The van der Waals surface area contributed by atoms with Crippen LogP contribution >= 0.6 is 11.8 Å². The Morgan fingerprint density at radius 2 is 1.89 bits per heavy atom. The molecule has 5 nitrogen and oxygen atoms in total. The van der Waals surface area contributed by atoms with E-state index >= 15 is 0 Å². The Bertz CT molecular complexity index is 1010. The zero-order chi connectivity index (χ0) is 19.2. The van der Waals surface area contributed by atoms with Gasteiger partial charge in [-0.2, -0.15) is 0 Å². The zero-order valence-corrected chi connectivity index (χ0v) is 16.4. The summed E-state index contributed by atoms with van der Waals surface area (Å²) >= 11 is 1.30. The van der Waals surface area contributed by atoms with Crippen molar-refractivity contribution in [3.63, 3.8) is 0 Å². The molecule has 27 heavy (non-hydrogen) atoms. The SMILES string of the molecule is CCCCn1c(SCC(=O)Nc2ccccc2C)nc2ccccc2c1=O. The van der Waals surface area contributed by atoms with E-state index in [1.165, 1.54) is 11.8 Å². The Balaban J connectivity index is 1.81. The van der Waals surface area contributed by atoms with Crippen LogP contribution in [0, 0.1) is 6.92 Å². The topological polar surface area (TPSA) is 64.0 Å². The third-order valence-electron chi connectivity index (χ3n) is 4.31. The number of benzene rings is 2. The molecule has 0 fully saturated rings. The fraction of sp³-hybridized carbons (Fsp3) is 0.286. The van der Waals surface area contributed by atoms with Crippen LogP contribution < -0.4 is 10.9 Å². The maximum absolute atomic E-state index is 12.8. The number of hydrogen-bond acceptors (Lipinski definition) is 4. The summed E-state index contributed by atoms with van der Waals surface area (Å²) in [6, 6.07) is 15.0. The zero-order valence-electron chi connectivity index (χ0n) is 15.6. The monoisotopic (exact) mass is 381 g/mol. The smallest absolute Gasteiger partial charge is 0.262 e. The Morgan fingerprint density at radius 1 is 1.15 bits per heavy atom. The summed E-state index contributed by atoms with van der Waals surface area (Å²) in [5, 5.41) is 4.12. The van der Waals surface area contributed by atoms with Crippen LogP contribution in [-0.4, -0.2) is 21.2 Å². The lowest BCUT2D eigenvalue weighted by Gasteiger charge is -2.13. The second-order valence-corrected chi connectivity index (χ2v) is 7.32. The first-order valence-corrected chi connectivity index (χ1v) is 10.1. The molecule has 0 aliphatic carbocycles. The lowest BCUT2D eigenvalue weighted by Crippen LogP contribution is -2.24. The molecule has 140 valence electrons. The maximum atomic E-state index is 12.8. The van der Waals surface area contributed by atoms with E-state index < -0.39 is 0 Å². The van der Waals surface area contributed by atoms with Crippen LogP contribution in [0.3, 0.4) is 0 Å². The molecule has 0 aliphatic rings. The average Bonchev–Trinajstić information content (AvgIpc) is 2.68. The minimum atomic E-state index is -0.112. The van der Waals surface area contributed by atoms with Gasteiger partial charge in [-0.3, -0.25) is 14.2 Å². The van der Waals surface area contributed by atoms with Crippen LogP contribution in [-0.2, 0) is 11.3 Å². The van der Waals surface area contributed by atoms with Gasteiger partial charge in [-0.1, -0.05) is 55.4 Å². The Hall–Kier alpha value is -2.60. The van der Waals surface area contributed by atoms with E-state index in [9.17, 15) is 9.59 Å². The number of hydrogen-bond donors (Lipinski definition) is 1. The van der Waals surface area contributed by atoms with Crippen molar-refractivity contribution in [1.29, 1.82) is 0 Å². The highest BCUT2D eigenvalue weighted by Crippen LogP contribution is 2.19. The van der Waals surface area contributed by atoms with Crippen LogP contribution in [0.15, 0.2) is 58.5 Å². The number of para-hydroxylation sites is 2. The molecular formula is C21H23N3O2S. The number of unbranched alkanes of at least 4 members (excludes halogenated alkanes) is 1. The van der Waals surface area contributed by atoms with Gasteiger partial charge in [0.2, 0.25) is 5.91 Å². The van der Waals surface area contributed by atoms with Gasteiger partial charge < -0.3 is 5.32 Å². The van der Waals surface area contributed by atoms with Crippen molar-refractivity contribution in [2.45, 2.75) is 38.4 Å². The molecule has 1 N–H and O–H groups in total. The van der Waals surface area contributed by atoms with Gasteiger partial charge >= 0.3 is 0 Å². The van der Waals surface area contributed by atoms with E-state index in [-0.39, 0.29) is 17.2 Å². The third-order valence-corrected chi connectivity index (χ3v) is 5.29. The number of anilines is 1. The van der Waals surface area contributed by atoms with Crippen molar-refractivity contribution in [1.82, 2.24) is 9.55 Å². The normalized spacial score (nSPS) is 10.9. The van der Waals surface area contributed by atoms with Crippen molar-refractivity contribution >= 4 is 34.3 Å². The molecule has 0 saturated heterocycles. The molecule has 6 heteroatoms. The molecule has 1 heterocycles. The predicted octanol–water partition coefficient (Wildman–Crippen LogP) is 4.24. The maximum Gasteiger partial charge on any atom is 0.262 e. The minimum Gasteiger partial charge on any atom is -0.325 e. The minimum absolute atomic E-state index is 0.0455. The fourth-order valence-electron chi connectivity index (χ4n) is 2.80. The molecule has 0 unspecified atom stereocenters. The summed E-state index contributed by atoms with van der Waals surface area (Å²) in [7, 11) is 0. The Morgan fingerprint density at radius 3 is 2.67 bits per heavy atom. The highest BCUT2D eigenvalue weighted by molar-refractivity contribution is 7.99. The second kappa shape index (κ2) is 8.86. The first-order chi connectivity index (χ1) is 13.1. The van der Waals surface area contributed by atoms with Crippen molar-refractivity contribution in [2.75, 3.05) is 11.1 Å². The molecule has 0 bridgehead atoms. The third kappa shape index (κ3) is 4.57. The molecule has 1 aromatic heterocycles. The number of thioether (sulfide) groups is 1. The summed E-state index contributed by atoms with van der Waals surface area (Å²) in [6.45, 7) is 4.65. The number of amides is 1. The van der Waals surface area contributed by atoms with Gasteiger partial charge in [-0.05, 0) is 37.1 Å². The number of nitrogens with one attached hydrogen (secondary N) is 1. The predicted molar refractivity (Wildman–Crippen MR) is 111 cm³/mol. The van der Waals surface area contributed by atoms with E-state index in [1.807, 2.05) is 49.4 Å². The lowest BCUT2D eigenvalue weighted by molar-refractivity contribution is -0.113. The summed E-state index contributed by atoms with van der Waals surface area (Å²) in [5.41, 5.74) is 2.44. The molecule has 3 aromatic rings. The van der Waals surface area contributed by atoms with Crippen molar-refractivity contribution in [3.05, 3.63) is 64.4 Å². The molecule has 0 radical (unpaired) electrons. The molecule has 0 spiro atoms. The average molecular weight is 382 g/mol. The van der Waals surface area contributed by atoms with E-state index in [1.54, 1.807) is 10.6 Å². The number of aromatic nitrogens is 2. The van der Waals surface area contributed by atoms with Crippen LogP contribution in [0.5, 0.6) is 0 Å². The summed E-state index contributed by atoms with van der Waals surface area (Å²) in [4.78, 5) is 29.8. The summed E-state index contributed by atoms with van der Waals surface area (Å²) in [6.07, 6.45) is 1.88. The van der Waals surface area contributed by atoms with Crippen molar-refractivity contribution in [2.24, 2.45) is 0 Å². The van der Waals surface area contributed by atoms with Crippen molar-refractivity contribution < 1.29 is 4.79 Å². The molecular weight excluding hydrogens is 358 g/mol. The van der Waals surface area contributed by atoms with Crippen LogP contribution in [0.1, 0.15) is 25.3 Å². The largest absolute Gasteiger partial charge is 0.325 e. The number of aryl methyl sites for hydroxylation is 1. The molecule has 1 amide bonds. The number of rotatable bonds is 7. The van der Waals surface area contributed by atoms with Gasteiger partial charge in [-0.25, -0.2) is 4.98 Å². The van der Waals surface area contributed by atoms with Gasteiger partial charge in [0.05, 0.1) is 16.7 Å². The van der Waals surface area contributed by atoms with Crippen molar-refractivity contribution in [3.8, 4) is 0 Å². The molecule has 3 rings (SSSR count). The van der Waals surface area contributed by atoms with E-state index in [0.29, 0.717) is 22.6 Å². The van der Waals surface area contributed by atoms with Gasteiger partial charge in [0.1, 0.15) is 0 Å². The molecule has 0 aliphatic heterocycles. The quantitative estimate of drug-likeness (QED) is 0.491. The van der Waals surface area contributed by atoms with E-state index in [0.717, 1.165) is 24.1 Å². The van der Waals surface area contributed by atoms with Gasteiger partial charge in [0, 0.05) is 12.2 Å². The summed E-state index contributed by atoms with van der Waals surface area (Å²) in [5.74, 6) is 0.0874. The first-order valence-electron chi connectivity index (χ1n) is 9.08. The van der Waals surface area contributed by atoms with Gasteiger partial charge in [0.15, 0.2) is 5.16 Å². The highest BCUT2D eigenvalue weighted by Gasteiger charge is 2.13. The first kappa shape index (κ1) is 19.2. The van der Waals surface area contributed by atoms with Crippen LogP contribution in [0.4, 0.5) is 5.69 Å².